The average molecular weight is 389 g/mol. The summed E-state index contributed by atoms with van der Waals surface area (Å²) in [5.41, 5.74) is 3.56. The predicted octanol–water partition coefficient (Wildman–Crippen LogP) is 6.38. The van der Waals surface area contributed by atoms with Gasteiger partial charge in [-0.15, -0.1) is 0 Å². The highest BCUT2D eigenvalue weighted by atomic mass is 16.5. The molecule has 0 amide bonds. The van der Waals surface area contributed by atoms with Crippen LogP contribution in [-0.2, 0) is 17.6 Å². The van der Waals surface area contributed by atoms with Gasteiger partial charge in [0.15, 0.2) is 11.5 Å². The first kappa shape index (κ1) is 23.8. The summed E-state index contributed by atoms with van der Waals surface area (Å²) in [6.45, 7) is 9.67. The lowest BCUT2D eigenvalue weighted by molar-refractivity contribution is -0.132. The fourth-order valence-corrected chi connectivity index (χ4v) is 3.08. The summed E-state index contributed by atoms with van der Waals surface area (Å²) in [7, 11) is 0. The van der Waals surface area contributed by atoms with E-state index in [1.165, 1.54) is 18.1 Å². The van der Waals surface area contributed by atoms with Crippen molar-refractivity contribution in [3.05, 3.63) is 40.5 Å². The van der Waals surface area contributed by atoms with Crippen molar-refractivity contribution in [2.45, 2.75) is 86.0 Å². The standard InChI is InChI=1S/C24H36O4/c1-6-7-8-9-13-20-16-22(26)21(23(27)24(20)28-19(5)25)15-14-18(4)12-10-11-17(2)3/h11,14,16,26-27H,6-10,12-13,15H2,1-5H3/b18-14+. The van der Waals surface area contributed by atoms with E-state index in [4.69, 9.17) is 4.74 Å². The molecule has 156 valence electrons. The van der Waals surface area contributed by atoms with Crippen LogP contribution in [0.15, 0.2) is 29.4 Å². The Morgan fingerprint density at radius 3 is 2.39 bits per heavy atom. The molecule has 1 aromatic carbocycles. The molecule has 0 aromatic heterocycles. The average Bonchev–Trinajstić information content (AvgIpc) is 2.61. The number of phenols is 2. The number of phenolic OH excluding ortho intramolecular Hbond substituents is 2. The van der Waals surface area contributed by atoms with E-state index < -0.39 is 5.97 Å². The van der Waals surface area contributed by atoms with E-state index in [1.54, 1.807) is 6.07 Å². The first-order valence-corrected chi connectivity index (χ1v) is 10.3. The number of allylic oxidation sites excluding steroid dienone is 4. The number of rotatable bonds is 11. The molecule has 4 heteroatoms. The molecular weight excluding hydrogens is 352 g/mol. The Hall–Kier alpha value is -2.23. The number of benzene rings is 1. The number of esters is 1. The quantitative estimate of drug-likeness (QED) is 0.200. The van der Waals surface area contributed by atoms with Crippen molar-refractivity contribution in [1.82, 2.24) is 0 Å². The van der Waals surface area contributed by atoms with E-state index in [-0.39, 0.29) is 17.2 Å². The van der Waals surface area contributed by atoms with Crippen LogP contribution in [0.2, 0.25) is 0 Å². The van der Waals surface area contributed by atoms with E-state index in [9.17, 15) is 15.0 Å². The van der Waals surface area contributed by atoms with Gasteiger partial charge in [0.05, 0.1) is 0 Å². The molecule has 1 aromatic rings. The fourth-order valence-electron chi connectivity index (χ4n) is 3.08. The van der Waals surface area contributed by atoms with E-state index in [0.29, 0.717) is 24.0 Å². The molecule has 2 N–H and O–H groups in total. The van der Waals surface area contributed by atoms with Gasteiger partial charge in [0.25, 0.3) is 0 Å². The van der Waals surface area contributed by atoms with Gasteiger partial charge in [-0.2, -0.15) is 0 Å². The topological polar surface area (TPSA) is 66.8 Å². The van der Waals surface area contributed by atoms with Crippen molar-refractivity contribution in [3.63, 3.8) is 0 Å². The van der Waals surface area contributed by atoms with Gasteiger partial charge in [0.2, 0.25) is 0 Å². The molecule has 0 aliphatic heterocycles. The summed E-state index contributed by atoms with van der Waals surface area (Å²) < 4.78 is 5.30. The van der Waals surface area contributed by atoms with Gasteiger partial charge in [-0.3, -0.25) is 4.79 Å². The number of hydrogen-bond acceptors (Lipinski definition) is 4. The zero-order valence-corrected chi connectivity index (χ0v) is 18.1. The maximum absolute atomic E-state index is 11.5. The molecule has 0 bridgehead atoms. The summed E-state index contributed by atoms with van der Waals surface area (Å²) in [5, 5.41) is 21.1. The number of aryl methyl sites for hydroxylation is 1. The van der Waals surface area contributed by atoms with E-state index in [2.05, 4.69) is 26.8 Å². The number of carbonyl (C=O) groups excluding carboxylic acids is 1. The highest BCUT2D eigenvalue weighted by molar-refractivity contribution is 5.72. The monoisotopic (exact) mass is 388 g/mol. The lowest BCUT2D eigenvalue weighted by atomic mass is 9.98. The normalized spacial score (nSPS) is 11.4. The zero-order valence-electron chi connectivity index (χ0n) is 18.1. The van der Waals surface area contributed by atoms with Gasteiger partial charge >= 0.3 is 5.97 Å². The van der Waals surface area contributed by atoms with E-state index >= 15 is 0 Å². The number of aromatic hydroxyl groups is 2. The minimum absolute atomic E-state index is 0.0484. The molecule has 4 nitrogen and oxygen atoms in total. The molecule has 0 radical (unpaired) electrons. The number of unbranched alkanes of at least 4 members (excludes halogenated alkanes) is 3. The molecule has 0 unspecified atom stereocenters. The highest BCUT2D eigenvalue weighted by Crippen LogP contribution is 2.41. The van der Waals surface area contributed by atoms with Gasteiger partial charge < -0.3 is 14.9 Å². The van der Waals surface area contributed by atoms with Gasteiger partial charge in [-0.05, 0) is 58.9 Å². The second-order valence-corrected chi connectivity index (χ2v) is 7.69. The maximum atomic E-state index is 11.5. The lowest BCUT2D eigenvalue weighted by Crippen LogP contribution is -2.06. The van der Waals surface area contributed by atoms with Crippen molar-refractivity contribution in [3.8, 4) is 17.2 Å². The summed E-state index contributed by atoms with van der Waals surface area (Å²) in [5.74, 6) is -0.371. The smallest absolute Gasteiger partial charge is 0.308 e. The first-order valence-electron chi connectivity index (χ1n) is 10.3. The minimum atomic E-state index is -0.477. The Bertz CT molecular complexity index is 710. The third-order valence-electron chi connectivity index (χ3n) is 4.70. The molecular formula is C24H36O4. The second-order valence-electron chi connectivity index (χ2n) is 7.69. The van der Waals surface area contributed by atoms with Crippen LogP contribution in [0.25, 0.3) is 0 Å². The molecule has 0 heterocycles. The van der Waals surface area contributed by atoms with Crippen LogP contribution in [-0.4, -0.2) is 16.2 Å². The Labute approximate surface area is 169 Å². The van der Waals surface area contributed by atoms with E-state index in [0.717, 1.165) is 38.5 Å². The van der Waals surface area contributed by atoms with Crippen molar-refractivity contribution >= 4 is 5.97 Å². The van der Waals surface area contributed by atoms with Crippen LogP contribution in [0.5, 0.6) is 17.2 Å². The Kier molecular flexibility index (Phi) is 10.4. The number of ether oxygens (including phenoxy) is 1. The number of carbonyl (C=O) groups is 1. The summed E-state index contributed by atoms with van der Waals surface area (Å²) in [6, 6.07) is 1.63. The molecule has 0 saturated heterocycles. The summed E-state index contributed by atoms with van der Waals surface area (Å²) >= 11 is 0. The minimum Gasteiger partial charge on any atom is -0.508 e. The molecule has 0 saturated carbocycles. The lowest BCUT2D eigenvalue weighted by Gasteiger charge is -2.15. The van der Waals surface area contributed by atoms with Crippen molar-refractivity contribution in [2.24, 2.45) is 0 Å². The van der Waals surface area contributed by atoms with Gasteiger partial charge in [0.1, 0.15) is 5.75 Å². The molecule has 0 aliphatic carbocycles. The first-order chi connectivity index (χ1) is 13.3. The molecule has 0 aliphatic rings. The second kappa shape index (κ2) is 12.3. The Balaban J connectivity index is 3.02. The molecule has 0 fully saturated rings. The SMILES string of the molecule is CCCCCCc1cc(O)c(C/C=C(\C)CCC=C(C)C)c(O)c1OC(C)=O. The van der Waals surface area contributed by atoms with Crippen LogP contribution in [0, 0.1) is 0 Å². The van der Waals surface area contributed by atoms with Crippen LogP contribution in [0.3, 0.4) is 0 Å². The number of hydrogen-bond donors (Lipinski definition) is 2. The van der Waals surface area contributed by atoms with Crippen molar-refractivity contribution in [2.75, 3.05) is 0 Å². The predicted molar refractivity (Wildman–Crippen MR) is 115 cm³/mol. The van der Waals surface area contributed by atoms with Crippen LogP contribution >= 0.6 is 0 Å². The molecule has 0 atom stereocenters. The Morgan fingerprint density at radius 2 is 1.79 bits per heavy atom. The maximum Gasteiger partial charge on any atom is 0.308 e. The van der Waals surface area contributed by atoms with E-state index in [1.807, 2.05) is 13.0 Å². The van der Waals surface area contributed by atoms with Gasteiger partial charge in [0, 0.05) is 18.1 Å². The highest BCUT2D eigenvalue weighted by Gasteiger charge is 2.19. The van der Waals surface area contributed by atoms with Gasteiger partial charge in [-0.1, -0.05) is 49.5 Å². The molecule has 0 spiro atoms. The zero-order chi connectivity index (χ0) is 21.1. The Morgan fingerprint density at radius 1 is 1.07 bits per heavy atom. The van der Waals surface area contributed by atoms with Gasteiger partial charge in [-0.25, -0.2) is 0 Å². The third-order valence-corrected chi connectivity index (χ3v) is 4.70. The summed E-state index contributed by atoms with van der Waals surface area (Å²) in [6.07, 6.45) is 11.4. The third kappa shape index (κ3) is 8.20. The fraction of sp³-hybridized carbons (Fsp3) is 0.542. The van der Waals surface area contributed by atoms with Crippen molar-refractivity contribution in [1.29, 1.82) is 0 Å². The largest absolute Gasteiger partial charge is 0.508 e. The van der Waals surface area contributed by atoms with Crippen LogP contribution < -0.4 is 4.74 Å². The van der Waals surface area contributed by atoms with Crippen LogP contribution in [0.1, 0.15) is 84.3 Å². The summed E-state index contributed by atoms with van der Waals surface area (Å²) in [4.78, 5) is 11.5. The molecule has 28 heavy (non-hydrogen) atoms. The molecule has 1 rings (SSSR count). The van der Waals surface area contributed by atoms with Crippen LogP contribution in [0.4, 0.5) is 0 Å². The van der Waals surface area contributed by atoms with Crippen molar-refractivity contribution < 1.29 is 19.7 Å².